The number of alkyl halides is 1. The molecule has 0 aliphatic rings. The average Bonchev–Trinajstić information content (AvgIpc) is 2.76. The van der Waals surface area contributed by atoms with E-state index in [9.17, 15) is 4.79 Å². The van der Waals surface area contributed by atoms with Crippen LogP contribution in [0.25, 0.3) is 11.2 Å². The standard InChI is InChI=1S/C13H16ClN3O2/c1-3-19-13(18)9(2)17-11(6-7-14)16-10-5-4-8-15-12(10)17/h4-5,8-9H,3,6-7H2,1-2H3. The fourth-order valence-electron chi connectivity index (χ4n) is 2.01. The number of aryl methyl sites for hydroxylation is 1. The first-order valence-corrected chi connectivity index (χ1v) is 6.77. The Morgan fingerprint density at radius 3 is 3.05 bits per heavy atom. The Hall–Kier alpha value is -1.62. The number of nitrogens with zero attached hydrogens (tertiary/aromatic N) is 3. The highest BCUT2D eigenvalue weighted by Gasteiger charge is 2.22. The number of pyridine rings is 1. The summed E-state index contributed by atoms with van der Waals surface area (Å²) in [6.07, 6.45) is 2.27. The first-order valence-electron chi connectivity index (χ1n) is 6.23. The van der Waals surface area contributed by atoms with Gasteiger partial charge in [-0.1, -0.05) is 0 Å². The van der Waals surface area contributed by atoms with Gasteiger partial charge in [-0.2, -0.15) is 0 Å². The van der Waals surface area contributed by atoms with Crippen LogP contribution < -0.4 is 0 Å². The fourth-order valence-corrected chi connectivity index (χ4v) is 2.18. The zero-order valence-corrected chi connectivity index (χ0v) is 11.7. The predicted molar refractivity (Wildman–Crippen MR) is 73.3 cm³/mol. The number of aromatic nitrogens is 3. The van der Waals surface area contributed by atoms with Crippen molar-refractivity contribution in [2.24, 2.45) is 0 Å². The van der Waals surface area contributed by atoms with Gasteiger partial charge in [0, 0.05) is 18.5 Å². The third-order valence-corrected chi connectivity index (χ3v) is 3.04. The van der Waals surface area contributed by atoms with Crippen molar-refractivity contribution >= 4 is 28.7 Å². The number of imidazole rings is 1. The molecule has 2 aromatic rings. The summed E-state index contributed by atoms with van der Waals surface area (Å²) >= 11 is 5.79. The number of hydrogen-bond acceptors (Lipinski definition) is 4. The summed E-state index contributed by atoms with van der Waals surface area (Å²) < 4.78 is 6.86. The van der Waals surface area contributed by atoms with Crippen LogP contribution in [0.3, 0.4) is 0 Å². The van der Waals surface area contributed by atoms with Gasteiger partial charge in [-0.05, 0) is 26.0 Å². The molecular formula is C13H16ClN3O2. The molecular weight excluding hydrogens is 266 g/mol. The monoisotopic (exact) mass is 281 g/mol. The van der Waals surface area contributed by atoms with Crippen LogP contribution in [0.5, 0.6) is 0 Å². The van der Waals surface area contributed by atoms with E-state index in [4.69, 9.17) is 16.3 Å². The van der Waals surface area contributed by atoms with Crippen molar-refractivity contribution in [1.82, 2.24) is 14.5 Å². The lowest BCUT2D eigenvalue weighted by molar-refractivity contribution is -0.146. The van der Waals surface area contributed by atoms with Crippen molar-refractivity contribution in [1.29, 1.82) is 0 Å². The van der Waals surface area contributed by atoms with E-state index in [1.165, 1.54) is 0 Å². The third-order valence-electron chi connectivity index (χ3n) is 2.85. The van der Waals surface area contributed by atoms with Gasteiger partial charge in [0.25, 0.3) is 0 Å². The van der Waals surface area contributed by atoms with Gasteiger partial charge in [-0.3, -0.25) is 4.57 Å². The van der Waals surface area contributed by atoms with E-state index < -0.39 is 6.04 Å². The summed E-state index contributed by atoms with van der Waals surface area (Å²) in [5.41, 5.74) is 1.45. The number of halogens is 1. The van der Waals surface area contributed by atoms with Crippen LogP contribution in [-0.2, 0) is 16.0 Å². The molecule has 1 atom stereocenters. The molecule has 2 heterocycles. The number of rotatable bonds is 5. The molecule has 6 heteroatoms. The lowest BCUT2D eigenvalue weighted by atomic mass is 10.3. The normalized spacial score (nSPS) is 12.6. The summed E-state index contributed by atoms with van der Waals surface area (Å²) in [5.74, 6) is 0.909. The Bertz CT molecular complexity index is 582. The largest absolute Gasteiger partial charge is 0.464 e. The van der Waals surface area contributed by atoms with E-state index in [0.29, 0.717) is 24.6 Å². The Morgan fingerprint density at radius 2 is 2.37 bits per heavy atom. The zero-order valence-electron chi connectivity index (χ0n) is 11.0. The Labute approximate surface area is 116 Å². The highest BCUT2D eigenvalue weighted by Crippen LogP contribution is 2.21. The lowest BCUT2D eigenvalue weighted by Gasteiger charge is -2.15. The van der Waals surface area contributed by atoms with Crippen molar-refractivity contribution in [3.8, 4) is 0 Å². The molecule has 0 aliphatic heterocycles. The minimum atomic E-state index is -0.460. The lowest BCUT2D eigenvalue weighted by Crippen LogP contribution is -2.21. The van der Waals surface area contributed by atoms with E-state index in [0.717, 1.165) is 11.3 Å². The maximum absolute atomic E-state index is 11.9. The molecule has 0 bridgehead atoms. The van der Waals surface area contributed by atoms with Crippen molar-refractivity contribution in [3.63, 3.8) is 0 Å². The number of carbonyl (C=O) groups is 1. The molecule has 0 spiro atoms. The maximum Gasteiger partial charge on any atom is 0.328 e. The molecule has 0 aliphatic carbocycles. The second kappa shape index (κ2) is 6.02. The number of fused-ring (bicyclic) bond motifs is 1. The molecule has 2 rings (SSSR count). The summed E-state index contributed by atoms with van der Waals surface area (Å²) in [5, 5.41) is 0. The second-order valence-corrected chi connectivity index (χ2v) is 4.49. The Morgan fingerprint density at radius 1 is 1.58 bits per heavy atom. The summed E-state index contributed by atoms with van der Waals surface area (Å²) in [7, 11) is 0. The highest BCUT2D eigenvalue weighted by atomic mass is 35.5. The van der Waals surface area contributed by atoms with Gasteiger partial charge in [0.15, 0.2) is 5.65 Å². The predicted octanol–water partition coefficient (Wildman–Crippen LogP) is 2.34. The molecule has 102 valence electrons. The topological polar surface area (TPSA) is 57.0 Å². The molecule has 0 N–H and O–H groups in total. The zero-order chi connectivity index (χ0) is 13.8. The average molecular weight is 282 g/mol. The molecule has 0 amide bonds. The number of hydrogen-bond donors (Lipinski definition) is 0. The van der Waals surface area contributed by atoms with Crippen molar-refractivity contribution in [3.05, 3.63) is 24.2 Å². The van der Waals surface area contributed by atoms with Crippen molar-refractivity contribution < 1.29 is 9.53 Å². The quantitative estimate of drug-likeness (QED) is 0.623. The summed E-state index contributed by atoms with van der Waals surface area (Å²) in [6.45, 7) is 3.92. The van der Waals surface area contributed by atoms with Crippen molar-refractivity contribution in [2.75, 3.05) is 12.5 Å². The van der Waals surface area contributed by atoms with E-state index in [2.05, 4.69) is 9.97 Å². The Balaban J connectivity index is 2.49. The number of ether oxygens (including phenoxy) is 1. The molecule has 0 fully saturated rings. The second-order valence-electron chi connectivity index (χ2n) is 4.11. The minimum Gasteiger partial charge on any atom is -0.464 e. The molecule has 0 aromatic carbocycles. The molecule has 0 saturated heterocycles. The van der Waals surface area contributed by atoms with Gasteiger partial charge in [0.1, 0.15) is 17.4 Å². The van der Waals surface area contributed by atoms with Gasteiger partial charge in [0.05, 0.1) is 6.61 Å². The first kappa shape index (κ1) is 13.8. The van der Waals surface area contributed by atoms with Crippen molar-refractivity contribution in [2.45, 2.75) is 26.3 Å². The third kappa shape index (κ3) is 2.71. The summed E-state index contributed by atoms with van der Waals surface area (Å²) in [6, 6.07) is 3.23. The summed E-state index contributed by atoms with van der Waals surface area (Å²) in [4.78, 5) is 20.7. The van der Waals surface area contributed by atoms with Crippen LogP contribution in [0.1, 0.15) is 25.7 Å². The van der Waals surface area contributed by atoms with Crippen LogP contribution in [0.15, 0.2) is 18.3 Å². The molecule has 1 unspecified atom stereocenters. The highest BCUT2D eigenvalue weighted by molar-refractivity contribution is 6.17. The number of esters is 1. The van der Waals surface area contributed by atoms with Gasteiger partial charge in [0.2, 0.25) is 0 Å². The Kier molecular flexibility index (Phi) is 4.37. The van der Waals surface area contributed by atoms with Gasteiger partial charge in [-0.25, -0.2) is 14.8 Å². The molecule has 2 aromatic heterocycles. The molecule has 0 saturated carbocycles. The van der Waals surface area contributed by atoms with E-state index in [1.807, 2.05) is 12.1 Å². The van der Waals surface area contributed by atoms with Gasteiger partial charge >= 0.3 is 5.97 Å². The molecule has 19 heavy (non-hydrogen) atoms. The fraction of sp³-hybridized carbons (Fsp3) is 0.462. The molecule has 0 radical (unpaired) electrons. The van der Waals surface area contributed by atoms with Crippen LogP contribution in [0.4, 0.5) is 0 Å². The van der Waals surface area contributed by atoms with E-state index in [1.54, 1.807) is 24.6 Å². The number of carbonyl (C=O) groups excluding carboxylic acids is 1. The first-order chi connectivity index (χ1) is 9.19. The van der Waals surface area contributed by atoms with Crippen LogP contribution in [-0.4, -0.2) is 33.0 Å². The van der Waals surface area contributed by atoms with Gasteiger partial charge < -0.3 is 4.74 Å². The van der Waals surface area contributed by atoms with E-state index in [-0.39, 0.29) is 5.97 Å². The van der Waals surface area contributed by atoms with Crippen LogP contribution in [0.2, 0.25) is 0 Å². The molecule has 5 nitrogen and oxygen atoms in total. The SMILES string of the molecule is CCOC(=O)C(C)n1c(CCCl)nc2cccnc21. The minimum absolute atomic E-state index is 0.289. The van der Waals surface area contributed by atoms with Crippen LogP contribution in [0, 0.1) is 0 Å². The van der Waals surface area contributed by atoms with Gasteiger partial charge in [-0.15, -0.1) is 11.6 Å². The maximum atomic E-state index is 11.9. The van der Waals surface area contributed by atoms with Crippen LogP contribution >= 0.6 is 11.6 Å². The smallest absolute Gasteiger partial charge is 0.328 e. The van der Waals surface area contributed by atoms with E-state index >= 15 is 0 Å².